The number of sulfonamides is 1. The third kappa shape index (κ3) is 5.58. The fraction of sp³-hybridized carbons (Fsp3) is 0.600. The molecular weight excluding hydrogens is 308 g/mol. The lowest BCUT2D eigenvalue weighted by Crippen LogP contribution is -2.34. The molecule has 0 amide bonds. The van der Waals surface area contributed by atoms with Crippen LogP contribution >= 0.6 is 11.6 Å². The highest BCUT2D eigenvalue weighted by Gasteiger charge is 2.21. The van der Waals surface area contributed by atoms with Crippen LogP contribution in [0.2, 0.25) is 5.02 Å². The van der Waals surface area contributed by atoms with E-state index in [-0.39, 0.29) is 16.0 Å². The van der Waals surface area contributed by atoms with Crippen molar-refractivity contribution >= 4 is 21.6 Å². The fourth-order valence-corrected chi connectivity index (χ4v) is 4.01. The van der Waals surface area contributed by atoms with Crippen LogP contribution in [0.4, 0.5) is 0 Å². The molecular formula is C15H25ClN2O2S. The summed E-state index contributed by atoms with van der Waals surface area (Å²) in [5.41, 5.74) is 0.908. The summed E-state index contributed by atoms with van der Waals surface area (Å²) < 4.78 is 27.8. The van der Waals surface area contributed by atoms with Crippen LogP contribution in [0.5, 0.6) is 0 Å². The van der Waals surface area contributed by atoms with Crippen LogP contribution < -0.4 is 10.0 Å². The van der Waals surface area contributed by atoms with Crippen molar-refractivity contribution in [3.8, 4) is 0 Å². The van der Waals surface area contributed by atoms with Crippen molar-refractivity contribution in [2.75, 3.05) is 6.54 Å². The lowest BCUT2D eigenvalue weighted by molar-refractivity contribution is 0.512. The zero-order valence-electron chi connectivity index (χ0n) is 12.9. The molecule has 0 saturated heterocycles. The van der Waals surface area contributed by atoms with E-state index < -0.39 is 10.0 Å². The molecule has 1 aromatic carbocycles. The highest BCUT2D eigenvalue weighted by molar-refractivity contribution is 7.89. The van der Waals surface area contributed by atoms with Gasteiger partial charge >= 0.3 is 0 Å². The van der Waals surface area contributed by atoms with Crippen LogP contribution in [-0.2, 0) is 16.6 Å². The van der Waals surface area contributed by atoms with Gasteiger partial charge in [-0.3, -0.25) is 0 Å². The van der Waals surface area contributed by atoms with Crippen molar-refractivity contribution in [1.82, 2.24) is 10.0 Å². The minimum absolute atomic E-state index is 0.0477. The van der Waals surface area contributed by atoms with Crippen LogP contribution in [-0.4, -0.2) is 21.0 Å². The van der Waals surface area contributed by atoms with E-state index in [0.29, 0.717) is 6.54 Å². The number of benzene rings is 1. The summed E-state index contributed by atoms with van der Waals surface area (Å²) in [6.07, 6.45) is 2.53. The van der Waals surface area contributed by atoms with E-state index in [1.807, 2.05) is 26.8 Å². The third-order valence-electron chi connectivity index (χ3n) is 3.32. The summed E-state index contributed by atoms with van der Waals surface area (Å²) >= 11 is 6.08. The molecule has 1 aromatic rings. The molecule has 0 radical (unpaired) electrons. The molecule has 0 heterocycles. The van der Waals surface area contributed by atoms with Gasteiger partial charge in [0.05, 0.1) is 5.02 Å². The summed E-state index contributed by atoms with van der Waals surface area (Å²) in [6, 6.07) is 5.08. The lowest BCUT2D eigenvalue weighted by atomic mass is 10.1. The molecule has 21 heavy (non-hydrogen) atoms. The van der Waals surface area contributed by atoms with E-state index in [2.05, 4.69) is 10.0 Å². The van der Waals surface area contributed by atoms with Gasteiger partial charge in [0.15, 0.2) is 0 Å². The van der Waals surface area contributed by atoms with Gasteiger partial charge in [-0.15, -0.1) is 0 Å². The zero-order valence-corrected chi connectivity index (χ0v) is 14.5. The molecule has 1 unspecified atom stereocenters. The predicted molar refractivity (Wildman–Crippen MR) is 88.1 cm³/mol. The minimum Gasteiger partial charge on any atom is -0.313 e. The van der Waals surface area contributed by atoms with E-state index in [1.54, 1.807) is 12.1 Å². The van der Waals surface area contributed by atoms with Gasteiger partial charge in [-0.05, 0) is 37.1 Å². The molecule has 4 nitrogen and oxygen atoms in total. The molecule has 0 aliphatic carbocycles. The zero-order chi connectivity index (χ0) is 15.9. The van der Waals surface area contributed by atoms with Crippen LogP contribution in [0.25, 0.3) is 0 Å². The van der Waals surface area contributed by atoms with Gasteiger partial charge in [0.1, 0.15) is 4.90 Å². The van der Waals surface area contributed by atoms with Crippen LogP contribution in [0.1, 0.15) is 45.6 Å². The maximum atomic E-state index is 12.5. The normalized spacial score (nSPS) is 13.3. The van der Waals surface area contributed by atoms with Gasteiger partial charge in [-0.25, -0.2) is 13.1 Å². The van der Waals surface area contributed by atoms with Crippen molar-refractivity contribution in [3.05, 3.63) is 28.8 Å². The summed E-state index contributed by atoms with van der Waals surface area (Å²) in [5.74, 6) is 0. The first-order valence-corrected chi connectivity index (χ1v) is 9.32. The molecule has 0 aliphatic rings. The van der Waals surface area contributed by atoms with Crippen molar-refractivity contribution < 1.29 is 8.42 Å². The molecule has 2 N–H and O–H groups in total. The fourth-order valence-electron chi connectivity index (χ4n) is 2.11. The Labute approximate surface area is 133 Å². The Morgan fingerprint density at radius 3 is 2.52 bits per heavy atom. The standard InChI is InChI=1S/C15H25ClN2O2S/c1-4-7-13(5-2)18-21(19,20)15-10-12(11-17-6-3)8-9-14(15)16/h8-10,13,17-18H,4-7,11H2,1-3H3. The average molecular weight is 333 g/mol. The number of nitrogens with one attached hydrogen (secondary N) is 2. The monoisotopic (exact) mass is 332 g/mol. The molecule has 0 spiro atoms. The highest BCUT2D eigenvalue weighted by atomic mass is 35.5. The summed E-state index contributed by atoms with van der Waals surface area (Å²) in [5, 5.41) is 3.44. The Hall–Kier alpha value is -0.620. The first-order valence-electron chi connectivity index (χ1n) is 7.46. The average Bonchev–Trinajstić information content (AvgIpc) is 2.45. The van der Waals surface area contributed by atoms with E-state index in [0.717, 1.165) is 31.4 Å². The topological polar surface area (TPSA) is 58.2 Å². The van der Waals surface area contributed by atoms with Crippen molar-refractivity contribution in [1.29, 1.82) is 0 Å². The molecule has 1 atom stereocenters. The number of rotatable bonds is 9. The van der Waals surface area contributed by atoms with Gasteiger partial charge in [0.2, 0.25) is 10.0 Å². The minimum atomic E-state index is -3.58. The Morgan fingerprint density at radius 2 is 1.95 bits per heavy atom. The molecule has 120 valence electrons. The maximum absolute atomic E-state index is 12.5. The number of hydrogen-bond donors (Lipinski definition) is 2. The summed E-state index contributed by atoms with van der Waals surface area (Å²) in [4.78, 5) is 0.161. The van der Waals surface area contributed by atoms with Crippen molar-refractivity contribution in [3.63, 3.8) is 0 Å². The van der Waals surface area contributed by atoms with Gasteiger partial charge < -0.3 is 5.32 Å². The Kier molecular flexibility index (Phi) is 7.66. The first-order chi connectivity index (χ1) is 9.94. The molecule has 1 rings (SSSR count). The van der Waals surface area contributed by atoms with E-state index in [4.69, 9.17) is 11.6 Å². The third-order valence-corrected chi connectivity index (χ3v) is 5.32. The van der Waals surface area contributed by atoms with Crippen LogP contribution in [0.3, 0.4) is 0 Å². The van der Waals surface area contributed by atoms with Gasteiger partial charge in [-0.1, -0.05) is 44.9 Å². The molecule has 6 heteroatoms. The largest absolute Gasteiger partial charge is 0.313 e. The highest BCUT2D eigenvalue weighted by Crippen LogP contribution is 2.23. The van der Waals surface area contributed by atoms with Crippen LogP contribution in [0, 0.1) is 0 Å². The molecule has 0 bridgehead atoms. The molecule has 0 aliphatic heterocycles. The maximum Gasteiger partial charge on any atom is 0.242 e. The molecule has 0 aromatic heterocycles. The summed E-state index contributed by atoms with van der Waals surface area (Å²) in [6.45, 7) is 7.48. The molecule has 0 fully saturated rings. The summed E-state index contributed by atoms with van der Waals surface area (Å²) in [7, 11) is -3.58. The van der Waals surface area contributed by atoms with Gasteiger partial charge in [0, 0.05) is 12.6 Å². The van der Waals surface area contributed by atoms with E-state index >= 15 is 0 Å². The van der Waals surface area contributed by atoms with E-state index in [1.165, 1.54) is 0 Å². The number of halogens is 1. The second-order valence-electron chi connectivity index (χ2n) is 5.06. The number of hydrogen-bond acceptors (Lipinski definition) is 3. The second kappa shape index (κ2) is 8.73. The van der Waals surface area contributed by atoms with Crippen LogP contribution in [0.15, 0.2) is 23.1 Å². The SMILES string of the molecule is CCCC(CC)NS(=O)(=O)c1cc(CNCC)ccc1Cl. The lowest BCUT2D eigenvalue weighted by Gasteiger charge is -2.17. The van der Waals surface area contributed by atoms with E-state index in [9.17, 15) is 8.42 Å². The predicted octanol–water partition coefficient (Wildman–Crippen LogP) is 3.31. The van der Waals surface area contributed by atoms with Gasteiger partial charge in [0.25, 0.3) is 0 Å². The van der Waals surface area contributed by atoms with Crippen molar-refractivity contribution in [2.24, 2.45) is 0 Å². The van der Waals surface area contributed by atoms with Crippen molar-refractivity contribution in [2.45, 2.75) is 57.5 Å². The second-order valence-corrected chi connectivity index (χ2v) is 7.15. The Bertz CT molecular complexity index is 547. The Morgan fingerprint density at radius 1 is 1.24 bits per heavy atom. The quantitative estimate of drug-likeness (QED) is 0.729. The Balaban J connectivity index is 3.00. The molecule has 0 saturated carbocycles. The first kappa shape index (κ1) is 18.4. The smallest absolute Gasteiger partial charge is 0.242 e. The van der Waals surface area contributed by atoms with Gasteiger partial charge in [-0.2, -0.15) is 0 Å².